The van der Waals surface area contributed by atoms with Gasteiger partial charge in [0.05, 0.1) is 0 Å². The van der Waals surface area contributed by atoms with Crippen molar-refractivity contribution < 1.29 is 12.6 Å². The van der Waals surface area contributed by atoms with Crippen LogP contribution in [0, 0.1) is 0 Å². The molecule has 0 aromatic rings. The number of hydrogen-bond donors (Lipinski definition) is 0. The molecule has 0 saturated heterocycles. The molecule has 0 fully saturated rings. The molecule has 0 aromatic heterocycles. The van der Waals surface area contributed by atoms with Crippen LogP contribution in [0.5, 0.6) is 0 Å². The number of rotatable bonds is 15. The van der Waals surface area contributed by atoms with Crippen LogP contribution in [0.3, 0.4) is 0 Å². The lowest BCUT2D eigenvalue weighted by Crippen LogP contribution is -2.52. The zero-order chi connectivity index (χ0) is 27.4. The van der Waals surface area contributed by atoms with Gasteiger partial charge in [-0.1, -0.05) is 125 Å². The van der Waals surface area contributed by atoms with Gasteiger partial charge in [-0.2, -0.15) is 0 Å². The molecular formula is C27H63O3PSi3. The van der Waals surface area contributed by atoms with Gasteiger partial charge in [-0.25, -0.2) is 0 Å². The third-order valence-corrected chi connectivity index (χ3v) is 30.6. The predicted octanol–water partition coefficient (Wildman–Crippen LogP) is 11.8. The van der Waals surface area contributed by atoms with Gasteiger partial charge in [-0.05, 0) is 49.9 Å². The first-order valence-corrected chi connectivity index (χ1v) is 21.7. The molecule has 0 amide bonds. The molecule has 0 bridgehead atoms. The van der Waals surface area contributed by atoms with E-state index < -0.39 is 33.6 Å². The van der Waals surface area contributed by atoms with E-state index in [0.717, 1.165) is 0 Å². The van der Waals surface area contributed by atoms with Gasteiger partial charge >= 0.3 is 0 Å². The topological polar surface area (TPSA) is 27.7 Å². The van der Waals surface area contributed by atoms with Crippen molar-refractivity contribution in [3.8, 4) is 0 Å². The van der Waals surface area contributed by atoms with E-state index in [4.69, 9.17) is 12.6 Å². The summed E-state index contributed by atoms with van der Waals surface area (Å²) >= 11 is 0. The van der Waals surface area contributed by atoms with Crippen LogP contribution in [0.15, 0.2) is 0 Å². The summed E-state index contributed by atoms with van der Waals surface area (Å²) < 4.78 is 22.4. The molecule has 206 valence electrons. The first kappa shape index (κ1) is 35.0. The fourth-order valence-corrected chi connectivity index (χ4v) is 31.5. The molecule has 0 rings (SSSR count). The van der Waals surface area contributed by atoms with Crippen molar-refractivity contribution in [1.82, 2.24) is 0 Å². The van der Waals surface area contributed by atoms with Crippen LogP contribution in [0.1, 0.15) is 125 Å². The highest BCUT2D eigenvalue weighted by Crippen LogP contribution is 2.62. The Morgan fingerprint density at radius 1 is 0.294 bits per heavy atom. The Morgan fingerprint density at radius 2 is 0.412 bits per heavy atom. The molecule has 0 saturated carbocycles. The van der Waals surface area contributed by atoms with Crippen molar-refractivity contribution in [2.45, 2.75) is 174 Å². The normalized spacial score (nSPS) is 14.8. The van der Waals surface area contributed by atoms with E-state index >= 15 is 0 Å². The molecule has 0 aromatic carbocycles. The Morgan fingerprint density at radius 3 is 0.500 bits per heavy atom. The monoisotopic (exact) mass is 550 g/mol. The molecule has 0 unspecified atom stereocenters. The lowest BCUT2D eigenvalue weighted by molar-refractivity contribution is 0.332. The van der Waals surface area contributed by atoms with Crippen LogP contribution in [0.25, 0.3) is 0 Å². The van der Waals surface area contributed by atoms with Crippen LogP contribution >= 0.6 is 8.60 Å². The zero-order valence-corrected chi connectivity index (χ0v) is 30.3. The van der Waals surface area contributed by atoms with Crippen LogP contribution in [0.4, 0.5) is 0 Å². The first-order valence-electron chi connectivity index (χ1n) is 14.2. The predicted molar refractivity (Wildman–Crippen MR) is 163 cm³/mol. The molecule has 0 radical (unpaired) electrons. The highest BCUT2D eigenvalue weighted by Gasteiger charge is 2.56. The highest BCUT2D eigenvalue weighted by atomic mass is 31.2. The SMILES string of the molecule is CC(C)[Si](OP(O[Si](C(C)C)(C(C)C)C(C)C)O[Si](C(C)C)(C(C)C)C(C)C)(C(C)C)C(C)C. The minimum absolute atomic E-state index is 0.506. The van der Waals surface area contributed by atoms with Gasteiger partial charge in [-0.15, -0.1) is 0 Å². The Kier molecular flexibility index (Phi) is 14.1. The van der Waals surface area contributed by atoms with Crippen molar-refractivity contribution in [2.75, 3.05) is 0 Å². The quantitative estimate of drug-likeness (QED) is 0.150. The van der Waals surface area contributed by atoms with Crippen LogP contribution in [-0.4, -0.2) is 25.0 Å². The molecule has 0 heterocycles. The van der Waals surface area contributed by atoms with E-state index in [9.17, 15) is 0 Å². The summed E-state index contributed by atoms with van der Waals surface area (Å²) in [6.45, 7) is 42.7. The maximum absolute atomic E-state index is 7.46. The van der Waals surface area contributed by atoms with Gasteiger partial charge in [0.1, 0.15) is 0 Å². The van der Waals surface area contributed by atoms with Crippen LogP contribution < -0.4 is 0 Å². The van der Waals surface area contributed by atoms with Crippen molar-refractivity contribution in [3.05, 3.63) is 0 Å². The second-order valence-corrected chi connectivity index (χ2v) is 31.6. The Hall–Kier alpha value is 0.961. The van der Waals surface area contributed by atoms with Crippen molar-refractivity contribution in [2.24, 2.45) is 0 Å². The summed E-state index contributed by atoms with van der Waals surface area (Å²) in [7, 11) is -7.96. The van der Waals surface area contributed by atoms with Crippen molar-refractivity contribution in [1.29, 1.82) is 0 Å². The first-order chi connectivity index (χ1) is 15.3. The van der Waals surface area contributed by atoms with E-state index in [-0.39, 0.29) is 0 Å². The van der Waals surface area contributed by atoms with Gasteiger partial charge < -0.3 is 12.6 Å². The minimum atomic E-state index is -2.18. The maximum atomic E-state index is 7.46. The third-order valence-electron chi connectivity index (χ3n) is 8.82. The molecule has 0 atom stereocenters. The second kappa shape index (κ2) is 13.7. The fourth-order valence-electron chi connectivity index (χ4n) is 7.39. The van der Waals surface area contributed by atoms with E-state index in [0.29, 0.717) is 49.9 Å². The fraction of sp³-hybridized carbons (Fsp3) is 1.00. The molecule has 0 spiro atoms. The van der Waals surface area contributed by atoms with Gasteiger partial charge in [0.25, 0.3) is 8.60 Å². The van der Waals surface area contributed by atoms with Crippen molar-refractivity contribution >= 4 is 33.6 Å². The second-order valence-electron chi connectivity index (χ2n) is 13.5. The van der Waals surface area contributed by atoms with Gasteiger partial charge in [0.2, 0.25) is 25.0 Å². The summed E-state index contributed by atoms with van der Waals surface area (Å²) in [6.07, 6.45) is 0. The summed E-state index contributed by atoms with van der Waals surface area (Å²) in [4.78, 5) is 0. The van der Waals surface area contributed by atoms with Crippen molar-refractivity contribution in [3.63, 3.8) is 0 Å². The van der Waals surface area contributed by atoms with Crippen LogP contribution in [0.2, 0.25) is 49.9 Å². The molecule has 0 aliphatic rings. The summed E-state index contributed by atoms with van der Waals surface area (Å²) in [5, 5.41) is 0. The molecule has 0 N–H and O–H groups in total. The molecular weight excluding hydrogens is 488 g/mol. The lowest BCUT2D eigenvalue weighted by atomic mass is 10.5. The summed E-state index contributed by atoms with van der Waals surface area (Å²) in [6, 6.07) is 0. The Bertz CT molecular complexity index is 444. The highest BCUT2D eigenvalue weighted by molar-refractivity contribution is 7.48. The van der Waals surface area contributed by atoms with E-state index in [1.54, 1.807) is 0 Å². The minimum Gasteiger partial charge on any atom is -0.354 e. The third kappa shape index (κ3) is 6.88. The van der Waals surface area contributed by atoms with Gasteiger partial charge in [-0.3, -0.25) is 0 Å². The van der Waals surface area contributed by atoms with Gasteiger partial charge in [0, 0.05) is 0 Å². The maximum Gasteiger partial charge on any atom is 0.300 e. The van der Waals surface area contributed by atoms with E-state index in [1.807, 2.05) is 0 Å². The number of hydrogen-bond acceptors (Lipinski definition) is 3. The molecule has 7 heteroatoms. The summed E-state index contributed by atoms with van der Waals surface area (Å²) in [5.74, 6) is 0. The van der Waals surface area contributed by atoms with Gasteiger partial charge in [0.15, 0.2) is 0 Å². The smallest absolute Gasteiger partial charge is 0.300 e. The van der Waals surface area contributed by atoms with Crippen LogP contribution in [-0.2, 0) is 12.6 Å². The van der Waals surface area contributed by atoms with E-state index in [1.165, 1.54) is 0 Å². The average molecular weight is 551 g/mol. The average Bonchev–Trinajstić information content (AvgIpc) is 2.64. The lowest BCUT2D eigenvalue weighted by Gasteiger charge is -2.51. The largest absolute Gasteiger partial charge is 0.354 e. The summed E-state index contributed by atoms with van der Waals surface area (Å²) in [5.41, 5.74) is 4.55. The Balaban J connectivity index is 7.02. The van der Waals surface area contributed by atoms with E-state index in [2.05, 4.69) is 125 Å². The standard InChI is InChI=1S/C27H63O3PSi3/c1-19(2)32(20(3)4,21(5)6)28-31(29-33(22(7)8,23(9)10)24(11)12)30-34(25(13)14,26(15)16)27(17)18/h19-27H,1-18H3. The molecule has 0 aliphatic carbocycles. The molecule has 3 nitrogen and oxygen atoms in total. The Labute approximate surface area is 220 Å². The molecule has 0 aliphatic heterocycles. The zero-order valence-electron chi connectivity index (χ0n) is 26.4. The molecule has 34 heavy (non-hydrogen) atoms.